The fraction of sp³-hybridized carbons (Fsp3) is 0.273. The second-order valence-corrected chi connectivity index (χ2v) is 6.94. The van der Waals surface area contributed by atoms with Crippen LogP contribution in [0.1, 0.15) is 31.2 Å². The van der Waals surface area contributed by atoms with Gasteiger partial charge in [-0.25, -0.2) is 0 Å². The molecule has 1 aliphatic carbocycles. The standard InChI is InChI=1S/C22H20/c1-2-5-15(4-1)14-19-11-10-18-9-8-16-6-3-7-17-12-13-20(19)22(18)21(16)17/h3,6-13,15H,1-2,4-5,14H2. The van der Waals surface area contributed by atoms with Crippen molar-refractivity contribution in [3.05, 3.63) is 60.2 Å². The number of hydrogen-bond donors (Lipinski definition) is 0. The van der Waals surface area contributed by atoms with E-state index in [0.29, 0.717) is 0 Å². The van der Waals surface area contributed by atoms with Crippen LogP contribution in [-0.2, 0) is 6.42 Å². The van der Waals surface area contributed by atoms with E-state index in [2.05, 4.69) is 54.6 Å². The van der Waals surface area contributed by atoms with E-state index >= 15 is 0 Å². The Hall–Kier alpha value is -2.08. The van der Waals surface area contributed by atoms with E-state index in [4.69, 9.17) is 0 Å². The Bertz CT molecular complexity index is 942. The molecule has 0 heterocycles. The molecule has 0 bridgehead atoms. The molecule has 0 atom stereocenters. The van der Waals surface area contributed by atoms with Crippen LogP contribution in [-0.4, -0.2) is 0 Å². The first-order valence-corrected chi connectivity index (χ1v) is 8.55. The van der Waals surface area contributed by atoms with E-state index in [1.165, 1.54) is 64.4 Å². The summed E-state index contributed by atoms with van der Waals surface area (Å²) in [4.78, 5) is 0. The molecule has 4 aromatic carbocycles. The molecule has 4 aromatic rings. The second kappa shape index (κ2) is 4.71. The van der Waals surface area contributed by atoms with Gasteiger partial charge in [-0.15, -0.1) is 0 Å². The normalized spacial score (nSPS) is 16.4. The van der Waals surface area contributed by atoms with E-state index in [1.54, 1.807) is 5.56 Å². The lowest BCUT2D eigenvalue weighted by Gasteiger charge is -2.16. The molecule has 0 amide bonds. The molecular weight excluding hydrogens is 264 g/mol. The van der Waals surface area contributed by atoms with Gasteiger partial charge in [0.25, 0.3) is 0 Å². The Morgan fingerprint density at radius 2 is 1.32 bits per heavy atom. The lowest BCUT2D eigenvalue weighted by Crippen LogP contribution is -1.99. The number of hydrogen-bond acceptors (Lipinski definition) is 0. The molecule has 1 fully saturated rings. The third-order valence-electron chi connectivity index (χ3n) is 5.60. The Morgan fingerprint density at radius 1 is 0.682 bits per heavy atom. The monoisotopic (exact) mass is 284 g/mol. The lowest BCUT2D eigenvalue weighted by molar-refractivity contribution is 0.548. The molecule has 0 heteroatoms. The smallest absolute Gasteiger partial charge is 0.00240 e. The summed E-state index contributed by atoms with van der Waals surface area (Å²) in [5, 5.41) is 8.53. The van der Waals surface area contributed by atoms with Crippen molar-refractivity contribution in [1.82, 2.24) is 0 Å². The van der Waals surface area contributed by atoms with Crippen molar-refractivity contribution in [2.75, 3.05) is 0 Å². The highest BCUT2D eigenvalue weighted by Crippen LogP contribution is 2.37. The van der Waals surface area contributed by atoms with Gasteiger partial charge in [0.15, 0.2) is 0 Å². The van der Waals surface area contributed by atoms with Crippen LogP contribution in [0.15, 0.2) is 54.6 Å². The maximum Gasteiger partial charge on any atom is -0.00240 e. The minimum Gasteiger partial charge on any atom is -0.0610 e. The third-order valence-corrected chi connectivity index (χ3v) is 5.60. The van der Waals surface area contributed by atoms with E-state index in [0.717, 1.165) is 5.92 Å². The fourth-order valence-corrected chi connectivity index (χ4v) is 4.50. The molecule has 5 rings (SSSR count). The van der Waals surface area contributed by atoms with E-state index in [1.807, 2.05) is 0 Å². The zero-order valence-electron chi connectivity index (χ0n) is 12.8. The predicted molar refractivity (Wildman–Crippen MR) is 95.8 cm³/mol. The molecule has 0 radical (unpaired) electrons. The van der Waals surface area contributed by atoms with Crippen molar-refractivity contribution in [1.29, 1.82) is 0 Å². The van der Waals surface area contributed by atoms with Crippen molar-refractivity contribution in [2.45, 2.75) is 32.1 Å². The molecule has 0 N–H and O–H groups in total. The van der Waals surface area contributed by atoms with Gasteiger partial charge >= 0.3 is 0 Å². The van der Waals surface area contributed by atoms with Gasteiger partial charge in [-0.05, 0) is 50.2 Å². The van der Waals surface area contributed by atoms with E-state index < -0.39 is 0 Å². The van der Waals surface area contributed by atoms with Gasteiger partial charge in [-0.2, -0.15) is 0 Å². The average Bonchev–Trinajstić information content (AvgIpc) is 3.07. The molecule has 1 aliphatic rings. The van der Waals surface area contributed by atoms with Gasteiger partial charge in [0.2, 0.25) is 0 Å². The molecule has 22 heavy (non-hydrogen) atoms. The zero-order valence-corrected chi connectivity index (χ0v) is 12.8. The van der Waals surface area contributed by atoms with Gasteiger partial charge in [-0.3, -0.25) is 0 Å². The van der Waals surface area contributed by atoms with Crippen LogP contribution in [0.25, 0.3) is 32.3 Å². The SMILES string of the molecule is c1cc2ccc3ccc(CC4CCCC4)c4ccc(c1)c2c34. The Balaban J connectivity index is 1.81. The summed E-state index contributed by atoms with van der Waals surface area (Å²) < 4.78 is 0. The topological polar surface area (TPSA) is 0 Å². The van der Waals surface area contributed by atoms with Crippen LogP contribution in [0, 0.1) is 5.92 Å². The molecule has 0 nitrogen and oxygen atoms in total. The predicted octanol–water partition coefficient (Wildman–Crippen LogP) is 6.32. The summed E-state index contributed by atoms with van der Waals surface area (Å²) in [6, 6.07) is 20.6. The van der Waals surface area contributed by atoms with E-state index in [9.17, 15) is 0 Å². The summed E-state index contributed by atoms with van der Waals surface area (Å²) in [5.74, 6) is 0.901. The van der Waals surface area contributed by atoms with Gasteiger partial charge in [0.1, 0.15) is 0 Å². The van der Waals surface area contributed by atoms with Crippen molar-refractivity contribution in [3.63, 3.8) is 0 Å². The second-order valence-electron chi connectivity index (χ2n) is 6.94. The van der Waals surface area contributed by atoms with Gasteiger partial charge < -0.3 is 0 Å². The minimum absolute atomic E-state index is 0.901. The first kappa shape index (κ1) is 12.5. The summed E-state index contributed by atoms with van der Waals surface area (Å²) in [6.45, 7) is 0. The van der Waals surface area contributed by atoms with Crippen LogP contribution in [0.5, 0.6) is 0 Å². The Kier molecular flexibility index (Phi) is 2.67. The zero-order chi connectivity index (χ0) is 14.5. The highest BCUT2D eigenvalue weighted by Gasteiger charge is 2.17. The Labute approximate surface area is 131 Å². The Morgan fingerprint density at radius 3 is 2.09 bits per heavy atom. The van der Waals surface area contributed by atoms with Crippen molar-refractivity contribution >= 4 is 32.3 Å². The first-order chi connectivity index (χ1) is 10.9. The fourth-order valence-electron chi connectivity index (χ4n) is 4.50. The van der Waals surface area contributed by atoms with Gasteiger partial charge in [0, 0.05) is 0 Å². The maximum atomic E-state index is 2.38. The largest absolute Gasteiger partial charge is 0.0610 e. The van der Waals surface area contributed by atoms with Crippen LogP contribution in [0.4, 0.5) is 0 Å². The number of rotatable bonds is 2. The highest BCUT2D eigenvalue weighted by atomic mass is 14.2. The number of benzene rings is 4. The maximum absolute atomic E-state index is 2.38. The molecule has 108 valence electrons. The van der Waals surface area contributed by atoms with Crippen molar-refractivity contribution in [2.24, 2.45) is 5.92 Å². The summed E-state index contributed by atoms with van der Waals surface area (Å²) >= 11 is 0. The van der Waals surface area contributed by atoms with Gasteiger partial charge in [-0.1, -0.05) is 80.3 Å². The first-order valence-electron chi connectivity index (χ1n) is 8.55. The third kappa shape index (κ3) is 1.76. The highest BCUT2D eigenvalue weighted by molar-refractivity contribution is 6.23. The molecule has 1 saturated carbocycles. The van der Waals surface area contributed by atoms with Crippen LogP contribution in [0.3, 0.4) is 0 Å². The molecule has 0 aromatic heterocycles. The molecule has 0 unspecified atom stereocenters. The summed E-state index contributed by atoms with van der Waals surface area (Å²) in [6.07, 6.45) is 6.95. The molecule has 0 spiro atoms. The lowest BCUT2D eigenvalue weighted by atomic mass is 9.88. The van der Waals surface area contributed by atoms with Gasteiger partial charge in [0.05, 0.1) is 0 Å². The summed E-state index contributed by atoms with van der Waals surface area (Å²) in [5.41, 5.74) is 1.55. The molecule has 0 saturated heterocycles. The molecule has 0 aliphatic heterocycles. The summed E-state index contributed by atoms with van der Waals surface area (Å²) in [7, 11) is 0. The van der Waals surface area contributed by atoms with Crippen LogP contribution >= 0.6 is 0 Å². The van der Waals surface area contributed by atoms with Crippen molar-refractivity contribution in [3.8, 4) is 0 Å². The minimum atomic E-state index is 0.901. The van der Waals surface area contributed by atoms with E-state index in [-0.39, 0.29) is 0 Å². The quantitative estimate of drug-likeness (QED) is 0.378. The molecular formula is C22H20. The van der Waals surface area contributed by atoms with Crippen LogP contribution in [0.2, 0.25) is 0 Å². The average molecular weight is 284 g/mol. The van der Waals surface area contributed by atoms with Crippen molar-refractivity contribution < 1.29 is 0 Å². The van der Waals surface area contributed by atoms with Crippen LogP contribution < -0.4 is 0 Å².